The Morgan fingerprint density at radius 2 is 0.844 bits per heavy atom. The van der Waals surface area contributed by atoms with E-state index in [1.807, 2.05) is 0 Å². The molecule has 1 amide bonds. The Balaban J connectivity index is 4.73. The molecule has 3 atom stereocenters. The third kappa shape index (κ3) is 45.9. The number of hydrogen-bond donors (Lipinski definition) is 3. The number of rotatable bonds is 48. The van der Waals surface area contributed by atoms with Gasteiger partial charge in [0.2, 0.25) is 5.91 Å². The molecule has 0 aliphatic heterocycles. The van der Waals surface area contributed by atoms with Gasteiger partial charge in [-0.1, -0.05) is 229 Å². The topological polar surface area (TPSA) is 95.9 Å². The average molecular weight is 894 g/mol. The summed E-state index contributed by atoms with van der Waals surface area (Å²) in [6, 6.07) is -0.724. The van der Waals surface area contributed by atoms with E-state index in [0.717, 1.165) is 77.0 Å². The summed E-state index contributed by atoms with van der Waals surface area (Å²) in [7, 11) is 0. The number of aliphatic hydroxyl groups excluding tert-OH is 2. The number of ether oxygens (including phenoxy) is 1. The Morgan fingerprint density at radius 3 is 1.34 bits per heavy atom. The van der Waals surface area contributed by atoms with Gasteiger partial charge in [0.1, 0.15) is 6.10 Å². The number of allylic oxidation sites excluding steroid dienone is 12. The van der Waals surface area contributed by atoms with Gasteiger partial charge in [0, 0.05) is 6.42 Å². The van der Waals surface area contributed by atoms with Crippen LogP contribution in [0.4, 0.5) is 0 Å². The highest BCUT2D eigenvalue weighted by molar-refractivity contribution is 5.77. The minimum Gasteiger partial charge on any atom is -0.462 e. The fraction of sp³-hybridized carbons (Fsp3) is 0.759. The van der Waals surface area contributed by atoms with E-state index >= 15 is 0 Å². The van der Waals surface area contributed by atoms with Crippen LogP contribution in [0.15, 0.2) is 72.9 Å². The number of hydrogen-bond acceptors (Lipinski definition) is 5. The maximum absolute atomic E-state index is 13.2. The van der Waals surface area contributed by atoms with Crippen LogP contribution in [0.3, 0.4) is 0 Å². The van der Waals surface area contributed by atoms with Gasteiger partial charge in [-0.2, -0.15) is 0 Å². The first-order chi connectivity index (χ1) is 31.5. The van der Waals surface area contributed by atoms with Gasteiger partial charge in [0.25, 0.3) is 0 Å². The molecule has 3 N–H and O–H groups in total. The fourth-order valence-electron chi connectivity index (χ4n) is 7.88. The molecular formula is C58H103NO5. The molecule has 0 spiro atoms. The normalized spacial score (nSPS) is 13.8. The average Bonchev–Trinajstić information content (AvgIpc) is 3.29. The van der Waals surface area contributed by atoms with Crippen LogP contribution in [-0.4, -0.2) is 46.9 Å². The van der Waals surface area contributed by atoms with Crippen molar-refractivity contribution in [3.63, 3.8) is 0 Å². The van der Waals surface area contributed by atoms with Crippen molar-refractivity contribution in [3.05, 3.63) is 72.9 Å². The molecule has 0 aliphatic carbocycles. The van der Waals surface area contributed by atoms with Gasteiger partial charge >= 0.3 is 5.97 Å². The largest absolute Gasteiger partial charge is 0.462 e. The first-order valence-corrected chi connectivity index (χ1v) is 27.2. The SMILES string of the molecule is CCCCC/C=C\C/C=C\C/C=C\C/C=C\CCCC(=O)OC(CCCCC/C=C/C=C/CCCCCCCCC)CC(=O)NC(CO)C(O)CCCCCCCCCCCCCC. The van der Waals surface area contributed by atoms with Crippen molar-refractivity contribution >= 4 is 11.9 Å². The summed E-state index contributed by atoms with van der Waals surface area (Å²) in [5.41, 5.74) is 0. The zero-order valence-electron chi connectivity index (χ0n) is 42.1. The molecule has 6 heteroatoms. The summed E-state index contributed by atoms with van der Waals surface area (Å²) < 4.78 is 5.90. The third-order valence-electron chi connectivity index (χ3n) is 12.0. The minimum absolute atomic E-state index is 0.0359. The lowest BCUT2D eigenvalue weighted by molar-refractivity contribution is -0.151. The molecule has 6 nitrogen and oxygen atoms in total. The van der Waals surface area contributed by atoms with E-state index in [0.29, 0.717) is 25.7 Å². The van der Waals surface area contributed by atoms with E-state index in [2.05, 4.69) is 99.0 Å². The minimum atomic E-state index is -0.806. The van der Waals surface area contributed by atoms with Gasteiger partial charge in [0.15, 0.2) is 0 Å². The quantitative estimate of drug-likeness (QED) is 0.0245. The summed E-state index contributed by atoms with van der Waals surface area (Å²) in [6.45, 7) is 6.43. The van der Waals surface area contributed by atoms with Gasteiger partial charge in [-0.05, 0) is 89.9 Å². The number of amides is 1. The Morgan fingerprint density at radius 1 is 0.469 bits per heavy atom. The summed E-state index contributed by atoms with van der Waals surface area (Å²) in [6.07, 6.45) is 65.3. The maximum atomic E-state index is 13.2. The molecule has 0 aromatic rings. The van der Waals surface area contributed by atoms with Crippen molar-refractivity contribution < 1.29 is 24.5 Å². The summed E-state index contributed by atoms with van der Waals surface area (Å²) in [5, 5.41) is 23.8. The van der Waals surface area contributed by atoms with Crippen LogP contribution in [0.2, 0.25) is 0 Å². The second kappa shape index (κ2) is 51.3. The Labute approximate surface area is 396 Å². The Bertz CT molecular complexity index is 1190. The van der Waals surface area contributed by atoms with Gasteiger partial charge in [0.05, 0.1) is 25.2 Å². The standard InChI is InChI=1S/C58H103NO5/c1-4-7-10-13-16-19-22-25-27-29-31-33-36-39-42-45-48-51-58(63)64-54(49-46-43-40-37-34-32-30-28-26-23-20-17-14-11-8-5-2)52-57(62)59-55(53-60)56(61)50-47-44-41-38-35-24-21-18-15-12-9-6-3/h16,19,25,27-28,30-34,39,42,54-56,60-61H,4-15,17-18,20-24,26,29,35-38,40-41,43-53H2,1-3H3,(H,59,62)/b19-16-,27-25-,30-28+,33-31-,34-32+,42-39-. The van der Waals surface area contributed by atoms with Crippen molar-refractivity contribution in [1.82, 2.24) is 5.32 Å². The monoisotopic (exact) mass is 894 g/mol. The smallest absolute Gasteiger partial charge is 0.306 e. The van der Waals surface area contributed by atoms with Crippen LogP contribution < -0.4 is 5.32 Å². The molecule has 0 radical (unpaired) electrons. The molecule has 0 bridgehead atoms. The molecule has 0 fully saturated rings. The van der Waals surface area contributed by atoms with Crippen molar-refractivity contribution in [2.24, 2.45) is 0 Å². The highest BCUT2D eigenvalue weighted by atomic mass is 16.5. The molecule has 0 rings (SSSR count). The maximum Gasteiger partial charge on any atom is 0.306 e. The van der Waals surface area contributed by atoms with Crippen molar-refractivity contribution in [3.8, 4) is 0 Å². The predicted molar refractivity (Wildman–Crippen MR) is 278 cm³/mol. The zero-order valence-corrected chi connectivity index (χ0v) is 42.1. The number of esters is 1. The zero-order chi connectivity index (χ0) is 46.7. The number of unbranched alkanes of at least 4 members (excludes halogenated alkanes) is 25. The Kier molecular flexibility index (Phi) is 49.1. The van der Waals surface area contributed by atoms with Gasteiger partial charge in [-0.3, -0.25) is 9.59 Å². The van der Waals surface area contributed by atoms with E-state index in [4.69, 9.17) is 4.74 Å². The lowest BCUT2D eigenvalue weighted by Crippen LogP contribution is -2.46. The first-order valence-electron chi connectivity index (χ1n) is 27.2. The van der Waals surface area contributed by atoms with E-state index < -0.39 is 18.2 Å². The van der Waals surface area contributed by atoms with Crippen LogP contribution in [0.25, 0.3) is 0 Å². The van der Waals surface area contributed by atoms with Crippen LogP contribution in [0, 0.1) is 0 Å². The van der Waals surface area contributed by atoms with E-state index in [-0.39, 0.29) is 24.9 Å². The van der Waals surface area contributed by atoms with Crippen LogP contribution in [0.1, 0.15) is 258 Å². The first kappa shape index (κ1) is 61.3. The van der Waals surface area contributed by atoms with E-state index in [1.54, 1.807) is 0 Å². The lowest BCUT2D eigenvalue weighted by Gasteiger charge is -2.24. The molecular weight excluding hydrogens is 791 g/mol. The van der Waals surface area contributed by atoms with Gasteiger partial charge in [-0.15, -0.1) is 0 Å². The molecule has 370 valence electrons. The van der Waals surface area contributed by atoms with E-state index in [9.17, 15) is 19.8 Å². The molecule has 0 saturated carbocycles. The van der Waals surface area contributed by atoms with Crippen LogP contribution >= 0.6 is 0 Å². The van der Waals surface area contributed by atoms with E-state index in [1.165, 1.54) is 128 Å². The number of nitrogens with one attached hydrogen (secondary N) is 1. The number of aliphatic hydroxyl groups is 2. The highest BCUT2D eigenvalue weighted by Crippen LogP contribution is 2.17. The third-order valence-corrected chi connectivity index (χ3v) is 12.0. The highest BCUT2D eigenvalue weighted by Gasteiger charge is 2.24. The molecule has 3 unspecified atom stereocenters. The predicted octanol–water partition coefficient (Wildman–Crippen LogP) is 16.6. The molecule has 0 heterocycles. The molecule has 0 aromatic carbocycles. The molecule has 0 saturated heterocycles. The Hall–Kier alpha value is -2.70. The van der Waals surface area contributed by atoms with Crippen LogP contribution in [0.5, 0.6) is 0 Å². The number of carbonyl (C=O) groups is 2. The molecule has 0 aliphatic rings. The van der Waals surface area contributed by atoms with Crippen molar-refractivity contribution in [2.45, 2.75) is 277 Å². The fourth-order valence-corrected chi connectivity index (χ4v) is 7.88. The molecule has 64 heavy (non-hydrogen) atoms. The molecule has 0 aromatic heterocycles. The van der Waals surface area contributed by atoms with Crippen molar-refractivity contribution in [2.75, 3.05) is 6.61 Å². The second-order valence-electron chi connectivity index (χ2n) is 18.3. The van der Waals surface area contributed by atoms with Crippen molar-refractivity contribution in [1.29, 1.82) is 0 Å². The van der Waals surface area contributed by atoms with Gasteiger partial charge < -0.3 is 20.3 Å². The lowest BCUT2D eigenvalue weighted by atomic mass is 10.0. The van der Waals surface area contributed by atoms with Gasteiger partial charge in [-0.25, -0.2) is 0 Å². The summed E-state index contributed by atoms with van der Waals surface area (Å²) >= 11 is 0. The number of carbonyl (C=O) groups excluding carboxylic acids is 2. The summed E-state index contributed by atoms with van der Waals surface area (Å²) in [5.74, 6) is -0.566. The summed E-state index contributed by atoms with van der Waals surface area (Å²) in [4.78, 5) is 26.2. The second-order valence-corrected chi connectivity index (χ2v) is 18.3. The van der Waals surface area contributed by atoms with Crippen LogP contribution in [-0.2, 0) is 14.3 Å².